The summed E-state index contributed by atoms with van der Waals surface area (Å²) in [7, 11) is 1.70. The molecule has 1 saturated heterocycles. The van der Waals surface area contributed by atoms with Gasteiger partial charge in [-0.3, -0.25) is 4.79 Å². The molecule has 0 spiro atoms. The summed E-state index contributed by atoms with van der Waals surface area (Å²) in [5.74, 6) is -1.00. The first kappa shape index (κ1) is 16.8. The Bertz CT molecular complexity index is 346. The largest absolute Gasteiger partial charge is 0.480 e. The molecular weight excluding hydrogens is 260 g/mol. The fraction of sp³-hybridized carbons (Fsp3) is 0.857. The second-order valence-corrected chi connectivity index (χ2v) is 6.30. The highest BCUT2D eigenvalue weighted by Gasteiger charge is 2.31. The molecule has 1 heterocycles. The zero-order valence-corrected chi connectivity index (χ0v) is 12.9. The van der Waals surface area contributed by atoms with Crippen LogP contribution in [0.5, 0.6) is 0 Å². The number of likely N-dealkylation sites (N-methyl/N-ethyl adjacent to an activating group) is 1. The molecule has 20 heavy (non-hydrogen) atoms. The van der Waals surface area contributed by atoms with Crippen molar-refractivity contribution >= 4 is 12.0 Å². The number of aliphatic carboxylic acids is 1. The second-order valence-electron chi connectivity index (χ2n) is 6.30. The van der Waals surface area contributed by atoms with Crippen molar-refractivity contribution in [1.29, 1.82) is 0 Å². The number of carboxylic acids is 1. The summed E-state index contributed by atoms with van der Waals surface area (Å²) in [4.78, 5) is 26.3. The van der Waals surface area contributed by atoms with E-state index in [1.165, 1.54) is 4.90 Å². The molecule has 1 rings (SSSR count). The molecule has 0 saturated carbocycles. The number of ether oxygens (including phenoxy) is 1. The van der Waals surface area contributed by atoms with Crippen molar-refractivity contribution in [3.63, 3.8) is 0 Å². The number of carbonyl (C=O) groups is 2. The van der Waals surface area contributed by atoms with E-state index < -0.39 is 11.5 Å². The molecule has 1 unspecified atom stereocenters. The third kappa shape index (κ3) is 5.00. The normalized spacial score (nSPS) is 19.5. The predicted octanol–water partition coefficient (Wildman–Crippen LogP) is 1.79. The Morgan fingerprint density at radius 1 is 1.30 bits per heavy atom. The minimum absolute atomic E-state index is 0.0596. The quantitative estimate of drug-likeness (QED) is 0.855. The lowest BCUT2D eigenvalue weighted by atomic mass is 10.1. The fourth-order valence-electron chi connectivity index (χ4n) is 2.27. The van der Waals surface area contributed by atoms with E-state index in [4.69, 9.17) is 9.84 Å². The number of carboxylic acid groups (broad SMARTS) is 1. The Labute approximate surface area is 120 Å². The molecule has 1 aliphatic heterocycles. The van der Waals surface area contributed by atoms with Crippen molar-refractivity contribution in [3.8, 4) is 0 Å². The van der Waals surface area contributed by atoms with Gasteiger partial charge in [-0.2, -0.15) is 0 Å². The smallest absolute Gasteiger partial charge is 0.323 e. The summed E-state index contributed by atoms with van der Waals surface area (Å²) in [5.41, 5.74) is -0.531. The number of nitrogens with zero attached hydrogens (tertiary/aromatic N) is 2. The Morgan fingerprint density at radius 2 is 1.95 bits per heavy atom. The van der Waals surface area contributed by atoms with Gasteiger partial charge in [-0.25, -0.2) is 4.79 Å². The maximum absolute atomic E-state index is 12.4. The van der Waals surface area contributed by atoms with E-state index in [0.29, 0.717) is 6.54 Å². The average Bonchev–Trinajstić information content (AvgIpc) is 2.34. The maximum Gasteiger partial charge on any atom is 0.323 e. The van der Waals surface area contributed by atoms with Gasteiger partial charge in [0.2, 0.25) is 0 Å². The van der Waals surface area contributed by atoms with E-state index in [0.717, 1.165) is 25.9 Å². The molecule has 1 fully saturated rings. The number of carbonyl (C=O) groups excluding carboxylic acids is 1. The zero-order valence-electron chi connectivity index (χ0n) is 12.9. The Hall–Kier alpha value is -1.30. The summed E-state index contributed by atoms with van der Waals surface area (Å²) in [6, 6.07) is -0.269. The van der Waals surface area contributed by atoms with Crippen LogP contribution in [0.15, 0.2) is 0 Å². The predicted molar refractivity (Wildman–Crippen MR) is 75.7 cm³/mol. The first-order valence-electron chi connectivity index (χ1n) is 7.08. The number of hydrogen-bond donors (Lipinski definition) is 1. The van der Waals surface area contributed by atoms with E-state index in [1.54, 1.807) is 11.9 Å². The van der Waals surface area contributed by atoms with Crippen molar-refractivity contribution in [2.45, 2.75) is 51.7 Å². The van der Waals surface area contributed by atoms with Gasteiger partial charge in [0.1, 0.15) is 6.54 Å². The van der Waals surface area contributed by atoms with Crippen LogP contribution in [0, 0.1) is 0 Å². The third-order valence-corrected chi connectivity index (χ3v) is 3.41. The van der Waals surface area contributed by atoms with Gasteiger partial charge < -0.3 is 19.6 Å². The van der Waals surface area contributed by atoms with Crippen LogP contribution in [-0.2, 0) is 9.53 Å². The molecule has 1 aliphatic rings. The highest BCUT2D eigenvalue weighted by Crippen LogP contribution is 2.17. The zero-order chi connectivity index (χ0) is 15.3. The topological polar surface area (TPSA) is 70.1 Å². The molecule has 2 amide bonds. The molecule has 6 heteroatoms. The molecule has 0 aromatic carbocycles. The van der Waals surface area contributed by atoms with Crippen LogP contribution in [0.1, 0.15) is 40.0 Å². The minimum Gasteiger partial charge on any atom is -0.480 e. The van der Waals surface area contributed by atoms with Crippen LogP contribution in [0.2, 0.25) is 0 Å². The van der Waals surface area contributed by atoms with Crippen molar-refractivity contribution in [1.82, 2.24) is 9.80 Å². The average molecular weight is 286 g/mol. The number of urea groups is 1. The standard InChI is InChI=1S/C14H26N2O4/c1-14(2,3)16(10-12(17)18)13(19)15(4)9-11-7-5-6-8-20-11/h11H,5-10H2,1-4H3,(H,17,18). The van der Waals surface area contributed by atoms with Crippen molar-refractivity contribution in [2.24, 2.45) is 0 Å². The van der Waals surface area contributed by atoms with Gasteiger partial charge in [-0.1, -0.05) is 0 Å². The highest BCUT2D eigenvalue weighted by molar-refractivity contribution is 5.80. The highest BCUT2D eigenvalue weighted by atomic mass is 16.5. The summed E-state index contributed by atoms with van der Waals surface area (Å²) in [5, 5.41) is 8.96. The first-order valence-corrected chi connectivity index (χ1v) is 7.08. The summed E-state index contributed by atoms with van der Waals surface area (Å²) >= 11 is 0. The Balaban J connectivity index is 2.65. The third-order valence-electron chi connectivity index (χ3n) is 3.41. The van der Waals surface area contributed by atoms with Crippen molar-refractivity contribution in [2.75, 3.05) is 26.7 Å². The van der Waals surface area contributed by atoms with Crippen LogP contribution in [0.3, 0.4) is 0 Å². The van der Waals surface area contributed by atoms with Crippen LogP contribution < -0.4 is 0 Å². The molecular formula is C14H26N2O4. The monoisotopic (exact) mass is 286 g/mol. The molecule has 1 N–H and O–H groups in total. The van der Waals surface area contributed by atoms with Gasteiger partial charge in [0, 0.05) is 25.7 Å². The SMILES string of the molecule is CN(CC1CCCCO1)C(=O)N(CC(=O)O)C(C)(C)C. The molecule has 0 bridgehead atoms. The van der Waals surface area contributed by atoms with Gasteiger partial charge in [-0.05, 0) is 40.0 Å². The Kier molecular flexibility index (Phi) is 5.80. The molecule has 0 aliphatic carbocycles. The number of hydrogen-bond acceptors (Lipinski definition) is 3. The van der Waals surface area contributed by atoms with Gasteiger partial charge >= 0.3 is 12.0 Å². The second kappa shape index (κ2) is 6.92. The van der Waals surface area contributed by atoms with Gasteiger partial charge in [-0.15, -0.1) is 0 Å². The van der Waals surface area contributed by atoms with E-state index in [2.05, 4.69) is 0 Å². The van der Waals surface area contributed by atoms with Gasteiger partial charge in [0.15, 0.2) is 0 Å². The Morgan fingerprint density at radius 3 is 2.40 bits per heavy atom. The molecule has 0 radical (unpaired) electrons. The van der Waals surface area contributed by atoms with Crippen LogP contribution >= 0.6 is 0 Å². The minimum atomic E-state index is -1.00. The lowest BCUT2D eigenvalue weighted by molar-refractivity contribution is -0.138. The lowest BCUT2D eigenvalue weighted by Gasteiger charge is -2.38. The van der Waals surface area contributed by atoms with E-state index >= 15 is 0 Å². The first-order chi connectivity index (χ1) is 9.21. The number of rotatable bonds is 4. The maximum atomic E-state index is 12.4. The molecule has 1 atom stereocenters. The van der Waals surface area contributed by atoms with Gasteiger partial charge in [0.25, 0.3) is 0 Å². The van der Waals surface area contributed by atoms with Crippen LogP contribution in [0.4, 0.5) is 4.79 Å². The molecule has 0 aromatic rings. The fourth-order valence-corrected chi connectivity index (χ4v) is 2.27. The van der Waals surface area contributed by atoms with E-state index in [1.807, 2.05) is 20.8 Å². The van der Waals surface area contributed by atoms with Crippen molar-refractivity contribution < 1.29 is 19.4 Å². The van der Waals surface area contributed by atoms with E-state index in [-0.39, 0.29) is 18.7 Å². The number of amides is 2. The molecule has 116 valence electrons. The summed E-state index contributed by atoms with van der Waals surface area (Å²) < 4.78 is 5.62. The summed E-state index contributed by atoms with van der Waals surface area (Å²) in [6.45, 7) is 6.45. The lowest BCUT2D eigenvalue weighted by Crippen LogP contribution is -2.54. The molecule has 6 nitrogen and oxygen atoms in total. The summed E-state index contributed by atoms with van der Waals surface area (Å²) in [6.07, 6.45) is 3.20. The van der Waals surface area contributed by atoms with E-state index in [9.17, 15) is 9.59 Å². The van der Waals surface area contributed by atoms with Crippen molar-refractivity contribution in [3.05, 3.63) is 0 Å². The molecule has 0 aromatic heterocycles. The van der Waals surface area contributed by atoms with Gasteiger partial charge in [0.05, 0.1) is 6.10 Å². The van der Waals surface area contributed by atoms with Crippen LogP contribution in [0.25, 0.3) is 0 Å². The van der Waals surface area contributed by atoms with Crippen LogP contribution in [-0.4, -0.2) is 65.3 Å².